The number of aromatic nitrogens is 2. The van der Waals surface area contributed by atoms with Crippen molar-refractivity contribution < 1.29 is 9.59 Å². The van der Waals surface area contributed by atoms with Crippen LogP contribution in [0.5, 0.6) is 0 Å². The summed E-state index contributed by atoms with van der Waals surface area (Å²) < 4.78 is 1.58. The third-order valence-electron chi connectivity index (χ3n) is 8.96. The minimum absolute atomic E-state index is 0.0497. The van der Waals surface area contributed by atoms with Gasteiger partial charge in [0.15, 0.2) is 0 Å². The molecule has 0 radical (unpaired) electrons. The Hall–Kier alpha value is -4.08. The molecule has 0 aliphatic carbocycles. The van der Waals surface area contributed by atoms with Crippen molar-refractivity contribution >= 4 is 28.8 Å². The van der Waals surface area contributed by atoms with Gasteiger partial charge in [0.05, 0.1) is 10.6 Å². The fourth-order valence-corrected chi connectivity index (χ4v) is 7.41. The number of carbonyl (C=O) groups excluding carboxylic acids is 2. The second-order valence-electron chi connectivity index (χ2n) is 12.4. The topological polar surface area (TPSA) is 78.8 Å². The quantitative estimate of drug-likeness (QED) is 0.301. The van der Waals surface area contributed by atoms with Crippen molar-refractivity contribution in [2.24, 2.45) is 7.05 Å². The van der Waals surface area contributed by atoms with Crippen LogP contribution in [-0.2, 0) is 24.7 Å². The zero-order valence-corrected chi connectivity index (χ0v) is 27.1. The highest BCUT2D eigenvalue weighted by Crippen LogP contribution is 2.37. The number of likely N-dealkylation sites (N-methyl/N-ethyl adjacent to an activating group) is 2. The molecule has 4 aromatic rings. The Kier molecular flexibility index (Phi) is 8.02. The Bertz CT molecular complexity index is 1810. The molecule has 4 heterocycles. The normalized spacial score (nSPS) is 17.5. The van der Waals surface area contributed by atoms with Crippen LogP contribution in [0.2, 0.25) is 0 Å². The molecule has 1 saturated heterocycles. The first kappa shape index (κ1) is 30.0. The number of amides is 2. The Morgan fingerprint density at radius 1 is 0.977 bits per heavy atom. The molecule has 44 heavy (non-hydrogen) atoms. The lowest BCUT2D eigenvalue weighted by Crippen LogP contribution is -2.48. The highest BCUT2D eigenvalue weighted by atomic mass is 32.1. The number of thiophene rings is 1. The van der Waals surface area contributed by atoms with Crippen molar-refractivity contribution in [3.63, 3.8) is 0 Å². The van der Waals surface area contributed by atoms with Crippen LogP contribution in [0.15, 0.2) is 59.5 Å². The molecule has 1 unspecified atom stereocenters. The highest BCUT2D eigenvalue weighted by molar-refractivity contribution is 7.14. The number of fused-ring (bicyclic) bond motifs is 1. The molecule has 228 valence electrons. The van der Waals surface area contributed by atoms with Crippen LogP contribution in [0.1, 0.15) is 68.3 Å². The van der Waals surface area contributed by atoms with E-state index in [0.717, 1.165) is 57.9 Å². The summed E-state index contributed by atoms with van der Waals surface area (Å²) in [5.41, 5.74) is 6.76. The van der Waals surface area contributed by atoms with Crippen LogP contribution in [-0.4, -0.2) is 64.9 Å². The maximum atomic E-state index is 13.6. The van der Waals surface area contributed by atoms with Crippen molar-refractivity contribution in [2.75, 3.05) is 38.6 Å². The number of rotatable bonds is 6. The molecule has 6 rings (SSSR count). The third-order valence-corrected chi connectivity index (χ3v) is 10.4. The zero-order valence-electron chi connectivity index (χ0n) is 26.3. The summed E-state index contributed by atoms with van der Waals surface area (Å²) in [6.07, 6.45) is 2.97. The lowest BCUT2D eigenvalue weighted by molar-refractivity contribution is -0.139. The fraction of sp³-hybridized carbons (Fsp3) is 0.371. The minimum atomic E-state index is -0.303. The molecule has 8 nitrogen and oxygen atoms in total. The zero-order chi connectivity index (χ0) is 31.3. The van der Waals surface area contributed by atoms with E-state index in [1.807, 2.05) is 68.4 Å². The van der Waals surface area contributed by atoms with Crippen LogP contribution < -0.4 is 10.5 Å². The van der Waals surface area contributed by atoms with Crippen molar-refractivity contribution in [1.82, 2.24) is 19.4 Å². The molecule has 2 amide bonds. The highest BCUT2D eigenvalue weighted by Gasteiger charge is 2.32. The smallest absolute Gasteiger partial charge is 0.272 e. The third kappa shape index (κ3) is 5.39. The van der Waals surface area contributed by atoms with Crippen LogP contribution in [0.4, 0.5) is 5.69 Å². The van der Waals surface area contributed by atoms with Gasteiger partial charge in [-0.1, -0.05) is 50.2 Å². The number of nitrogens with zero attached hydrogens (tertiary/aromatic N) is 5. The molecule has 1 atom stereocenters. The average molecular weight is 610 g/mol. The van der Waals surface area contributed by atoms with Gasteiger partial charge in [-0.25, -0.2) is 4.98 Å². The van der Waals surface area contributed by atoms with Crippen LogP contribution in [0, 0.1) is 6.92 Å². The number of hydrogen-bond acceptors (Lipinski definition) is 6. The van der Waals surface area contributed by atoms with E-state index in [4.69, 9.17) is 4.98 Å². The van der Waals surface area contributed by atoms with Gasteiger partial charge in [0.2, 0.25) is 5.91 Å². The number of aryl methyl sites for hydroxylation is 1. The van der Waals surface area contributed by atoms with Crippen molar-refractivity contribution in [3.8, 4) is 11.3 Å². The maximum Gasteiger partial charge on any atom is 0.272 e. The second-order valence-corrected chi connectivity index (χ2v) is 13.4. The monoisotopic (exact) mass is 609 g/mol. The molecular weight excluding hydrogens is 570 g/mol. The molecule has 2 aliphatic heterocycles. The van der Waals surface area contributed by atoms with Crippen molar-refractivity contribution in [3.05, 3.63) is 103 Å². The predicted octanol–water partition coefficient (Wildman–Crippen LogP) is 5.18. The van der Waals surface area contributed by atoms with Crippen LogP contribution >= 0.6 is 11.3 Å². The Labute approximate surface area is 262 Å². The number of anilines is 1. The van der Waals surface area contributed by atoms with E-state index in [0.29, 0.717) is 30.3 Å². The summed E-state index contributed by atoms with van der Waals surface area (Å²) in [7, 11) is 5.57. The molecule has 9 heteroatoms. The lowest BCUT2D eigenvalue weighted by atomic mass is 9.99. The summed E-state index contributed by atoms with van der Waals surface area (Å²) in [6, 6.07) is 15.8. The van der Waals surface area contributed by atoms with Gasteiger partial charge >= 0.3 is 0 Å². The van der Waals surface area contributed by atoms with E-state index in [-0.39, 0.29) is 23.4 Å². The summed E-state index contributed by atoms with van der Waals surface area (Å²) in [5.74, 6) is 0.535. The van der Waals surface area contributed by atoms with Crippen molar-refractivity contribution in [2.45, 2.75) is 45.6 Å². The van der Waals surface area contributed by atoms with Crippen LogP contribution in [0.25, 0.3) is 11.3 Å². The standard InChI is InChI=1S/C35H39N5O3S/c1-21(2)30-19-25-14-15-40(35(43)32(25)44-30)29-9-7-8-26(22(29)3)28-20-39(6)33(41)27(36-28)18-23-10-12-24(13-11-23)31-34(42)38(5)17-16-37(31)4/h7-13,19-21,31H,14-18H2,1-6H3. The average Bonchev–Trinajstić information content (AvgIpc) is 3.45. The summed E-state index contributed by atoms with van der Waals surface area (Å²) in [6.45, 7) is 8.52. The number of piperazine rings is 1. The Morgan fingerprint density at radius 3 is 2.45 bits per heavy atom. The van der Waals surface area contributed by atoms with Crippen molar-refractivity contribution in [1.29, 1.82) is 0 Å². The molecule has 2 aliphatic rings. The predicted molar refractivity (Wildman–Crippen MR) is 176 cm³/mol. The minimum Gasteiger partial charge on any atom is -0.343 e. The molecule has 0 saturated carbocycles. The Morgan fingerprint density at radius 2 is 1.73 bits per heavy atom. The van der Waals surface area contributed by atoms with Gasteiger partial charge in [-0.2, -0.15) is 0 Å². The van der Waals surface area contributed by atoms with E-state index in [9.17, 15) is 14.4 Å². The number of benzene rings is 2. The second kappa shape index (κ2) is 11.8. The van der Waals surface area contributed by atoms with E-state index >= 15 is 0 Å². The SMILES string of the molecule is Cc1c(-c2cn(C)c(=O)c(Cc3ccc(C4C(=O)N(C)CCN4C)cc3)n2)cccc1N1CCc2cc(C(C)C)sc2C1=O. The molecule has 2 aromatic carbocycles. The van der Waals surface area contributed by atoms with Gasteiger partial charge in [-0.05, 0) is 60.7 Å². The lowest BCUT2D eigenvalue weighted by Gasteiger charge is -2.37. The largest absolute Gasteiger partial charge is 0.343 e. The van der Waals surface area contributed by atoms with Gasteiger partial charge in [0, 0.05) is 62.5 Å². The van der Waals surface area contributed by atoms with E-state index in [1.165, 1.54) is 4.88 Å². The first-order chi connectivity index (χ1) is 21.0. The number of hydrogen-bond donors (Lipinski definition) is 0. The first-order valence-corrected chi connectivity index (χ1v) is 16.0. The van der Waals surface area contributed by atoms with Gasteiger partial charge in [0.25, 0.3) is 11.5 Å². The van der Waals surface area contributed by atoms with E-state index in [2.05, 4.69) is 24.8 Å². The first-order valence-electron chi connectivity index (χ1n) is 15.2. The molecule has 2 aromatic heterocycles. The maximum absolute atomic E-state index is 13.6. The van der Waals surface area contributed by atoms with Gasteiger partial charge in [-0.15, -0.1) is 11.3 Å². The van der Waals surface area contributed by atoms with E-state index in [1.54, 1.807) is 34.0 Å². The molecule has 0 bridgehead atoms. The van der Waals surface area contributed by atoms with E-state index < -0.39 is 0 Å². The van der Waals surface area contributed by atoms with Gasteiger partial charge < -0.3 is 14.4 Å². The van der Waals surface area contributed by atoms with Crippen LogP contribution in [0.3, 0.4) is 0 Å². The molecule has 0 N–H and O–H groups in total. The van der Waals surface area contributed by atoms with Gasteiger partial charge in [-0.3, -0.25) is 19.3 Å². The molecule has 0 spiro atoms. The molecule has 1 fully saturated rings. The molecular formula is C35H39N5O3S. The fourth-order valence-electron chi connectivity index (χ4n) is 6.25. The summed E-state index contributed by atoms with van der Waals surface area (Å²) in [4.78, 5) is 52.3. The Balaban J connectivity index is 1.28. The van der Waals surface area contributed by atoms with Gasteiger partial charge in [0.1, 0.15) is 11.7 Å². The number of carbonyl (C=O) groups is 2. The summed E-state index contributed by atoms with van der Waals surface area (Å²) >= 11 is 1.61. The summed E-state index contributed by atoms with van der Waals surface area (Å²) in [5, 5.41) is 0.